The van der Waals surface area contributed by atoms with Gasteiger partial charge in [-0.2, -0.15) is 0 Å². The van der Waals surface area contributed by atoms with Gasteiger partial charge in [-0.05, 0) is 39.2 Å². The SMILES string of the molecule is CCC(C)N(C[C@@H](O)[C@@H]1CCC(=O)N1Cc1ccccc1F)C(C)CC. The quantitative estimate of drug-likeness (QED) is 0.728. The second-order valence-corrected chi connectivity index (χ2v) is 7.50. The fourth-order valence-electron chi connectivity index (χ4n) is 3.77. The molecule has 4 atom stereocenters. The summed E-state index contributed by atoms with van der Waals surface area (Å²) in [5, 5.41) is 10.9. The number of aliphatic hydroxyl groups excluding tert-OH is 1. The van der Waals surface area contributed by atoms with Crippen LogP contribution in [-0.4, -0.2) is 51.6 Å². The van der Waals surface area contributed by atoms with E-state index in [4.69, 9.17) is 0 Å². The first-order valence-electron chi connectivity index (χ1n) is 9.85. The van der Waals surface area contributed by atoms with Crippen molar-refractivity contribution in [3.8, 4) is 0 Å². The van der Waals surface area contributed by atoms with Crippen molar-refractivity contribution < 1.29 is 14.3 Å². The van der Waals surface area contributed by atoms with Crippen molar-refractivity contribution in [3.63, 3.8) is 0 Å². The van der Waals surface area contributed by atoms with Gasteiger partial charge in [0.2, 0.25) is 5.91 Å². The van der Waals surface area contributed by atoms with Crippen LogP contribution in [0.5, 0.6) is 0 Å². The van der Waals surface area contributed by atoms with Crippen molar-refractivity contribution in [1.82, 2.24) is 9.80 Å². The molecule has 1 heterocycles. The van der Waals surface area contributed by atoms with Crippen LogP contribution in [0.2, 0.25) is 0 Å². The normalized spacial score (nSPS) is 21.3. The molecule has 0 radical (unpaired) electrons. The van der Waals surface area contributed by atoms with E-state index >= 15 is 0 Å². The molecule has 1 aromatic carbocycles. The lowest BCUT2D eigenvalue weighted by molar-refractivity contribution is -0.131. The molecule has 1 aliphatic rings. The second kappa shape index (κ2) is 9.47. The van der Waals surface area contributed by atoms with Crippen molar-refractivity contribution >= 4 is 5.91 Å². The Balaban J connectivity index is 2.11. The summed E-state index contributed by atoms with van der Waals surface area (Å²) in [6.45, 7) is 9.41. The van der Waals surface area contributed by atoms with Gasteiger partial charge in [0.15, 0.2) is 0 Å². The lowest BCUT2D eigenvalue weighted by Gasteiger charge is -2.38. The molecule has 1 saturated heterocycles. The number of carbonyl (C=O) groups is 1. The van der Waals surface area contributed by atoms with E-state index in [1.54, 1.807) is 23.1 Å². The van der Waals surface area contributed by atoms with Crippen LogP contribution in [0, 0.1) is 5.82 Å². The third-order valence-electron chi connectivity index (χ3n) is 5.83. The first kappa shape index (κ1) is 20.8. The highest BCUT2D eigenvalue weighted by atomic mass is 19.1. The number of likely N-dealkylation sites (tertiary alicyclic amines) is 1. The Morgan fingerprint density at radius 2 is 1.85 bits per heavy atom. The Kier molecular flexibility index (Phi) is 7.59. The minimum Gasteiger partial charge on any atom is -0.390 e. The molecule has 0 saturated carbocycles. The Bertz CT molecular complexity index is 585. The molecule has 1 N–H and O–H groups in total. The number of rotatable bonds is 9. The summed E-state index contributed by atoms with van der Waals surface area (Å²) >= 11 is 0. The van der Waals surface area contributed by atoms with Crippen molar-refractivity contribution in [3.05, 3.63) is 35.6 Å². The summed E-state index contributed by atoms with van der Waals surface area (Å²) < 4.78 is 14.0. The van der Waals surface area contributed by atoms with E-state index in [-0.39, 0.29) is 24.3 Å². The summed E-state index contributed by atoms with van der Waals surface area (Å²) in [5.74, 6) is -0.308. The van der Waals surface area contributed by atoms with Crippen LogP contribution in [0.25, 0.3) is 0 Å². The monoisotopic (exact) mass is 364 g/mol. The van der Waals surface area contributed by atoms with Gasteiger partial charge in [0, 0.05) is 37.2 Å². The molecule has 4 nitrogen and oxygen atoms in total. The van der Waals surface area contributed by atoms with Gasteiger partial charge in [-0.25, -0.2) is 4.39 Å². The molecule has 2 rings (SSSR count). The second-order valence-electron chi connectivity index (χ2n) is 7.50. The summed E-state index contributed by atoms with van der Waals surface area (Å²) in [6, 6.07) is 7.03. The zero-order valence-electron chi connectivity index (χ0n) is 16.5. The van der Waals surface area contributed by atoms with E-state index in [9.17, 15) is 14.3 Å². The Morgan fingerprint density at radius 3 is 2.42 bits per heavy atom. The molecule has 1 amide bonds. The topological polar surface area (TPSA) is 43.8 Å². The molecule has 0 aliphatic carbocycles. The van der Waals surface area contributed by atoms with Crippen LogP contribution < -0.4 is 0 Å². The first-order chi connectivity index (χ1) is 12.4. The highest BCUT2D eigenvalue weighted by Crippen LogP contribution is 2.26. The average Bonchev–Trinajstić information content (AvgIpc) is 3.00. The third kappa shape index (κ3) is 4.83. The van der Waals surface area contributed by atoms with Gasteiger partial charge < -0.3 is 10.0 Å². The summed E-state index contributed by atoms with van der Waals surface area (Å²) in [5.41, 5.74) is 0.501. The van der Waals surface area contributed by atoms with Crippen LogP contribution in [0.4, 0.5) is 4.39 Å². The van der Waals surface area contributed by atoms with Crippen LogP contribution in [0.3, 0.4) is 0 Å². The number of hydrogen-bond acceptors (Lipinski definition) is 3. The molecule has 26 heavy (non-hydrogen) atoms. The number of carbonyl (C=O) groups excluding carboxylic acids is 1. The minimum atomic E-state index is -0.628. The standard InChI is InChI=1S/C21H33FN2O2/c1-5-15(3)23(16(4)6-2)14-20(25)19-11-12-21(26)24(19)13-17-9-7-8-10-18(17)22/h7-10,15-16,19-20,25H,5-6,11-14H2,1-4H3/t15?,16?,19-,20+/m0/s1. The van der Waals surface area contributed by atoms with Crippen LogP contribution in [0.15, 0.2) is 24.3 Å². The maximum Gasteiger partial charge on any atom is 0.223 e. The number of benzene rings is 1. The van der Waals surface area contributed by atoms with Crippen LogP contribution in [0.1, 0.15) is 58.9 Å². The van der Waals surface area contributed by atoms with Gasteiger partial charge in [0.25, 0.3) is 0 Å². The molecular formula is C21H33FN2O2. The number of aliphatic hydroxyl groups is 1. The van der Waals surface area contributed by atoms with Crippen LogP contribution >= 0.6 is 0 Å². The summed E-state index contributed by atoms with van der Waals surface area (Å²) in [7, 11) is 0. The predicted molar refractivity (Wildman–Crippen MR) is 102 cm³/mol. The van der Waals surface area contributed by atoms with E-state index in [0.29, 0.717) is 37.0 Å². The fourth-order valence-corrected chi connectivity index (χ4v) is 3.77. The number of nitrogens with zero attached hydrogens (tertiary/aromatic N) is 2. The Labute approximate surface area is 157 Å². The molecule has 0 bridgehead atoms. The first-order valence-corrected chi connectivity index (χ1v) is 9.85. The molecule has 0 spiro atoms. The molecule has 1 aliphatic heterocycles. The Morgan fingerprint density at radius 1 is 1.23 bits per heavy atom. The zero-order valence-corrected chi connectivity index (χ0v) is 16.5. The van der Waals surface area contributed by atoms with E-state index in [1.165, 1.54) is 6.07 Å². The molecule has 2 unspecified atom stereocenters. The molecule has 0 aromatic heterocycles. The lowest BCUT2D eigenvalue weighted by atomic mass is 10.0. The third-order valence-corrected chi connectivity index (χ3v) is 5.83. The molecular weight excluding hydrogens is 331 g/mol. The van der Waals surface area contributed by atoms with E-state index in [1.807, 2.05) is 0 Å². The zero-order chi connectivity index (χ0) is 19.3. The lowest BCUT2D eigenvalue weighted by Crippen LogP contribution is -2.50. The molecule has 5 heteroatoms. The van der Waals surface area contributed by atoms with E-state index in [0.717, 1.165) is 12.8 Å². The number of hydrogen-bond donors (Lipinski definition) is 1. The van der Waals surface area contributed by atoms with Gasteiger partial charge >= 0.3 is 0 Å². The van der Waals surface area contributed by atoms with Crippen molar-refractivity contribution in [2.75, 3.05) is 6.54 Å². The van der Waals surface area contributed by atoms with Gasteiger partial charge in [-0.3, -0.25) is 9.69 Å². The highest BCUT2D eigenvalue weighted by molar-refractivity contribution is 5.78. The van der Waals surface area contributed by atoms with Crippen molar-refractivity contribution in [1.29, 1.82) is 0 Å². The van der Waals surface area contributed by atoms with Crippen molar-refractivity contribution in [2.24, 2.45) is 0 Å². The molecule has 1 fully saturated rings. The average molecular weight is 365 g/mol. The Hall–Kier alpha value is -1.46. The van der Waals surface area contributed by atoms with Gasteiger partial charge in [-0.1, -0.05) is 32.0 Å². The molecule has 1 aromatic rings. The summed E-state index contributed by atoms with van der Waals surface area (Å²) in [6.07, 6.45) is 2.45. The number of halogens is 1. The van der Waals surface area contributed by atoms with E-state index in [2.05, 4.69) is 32.6 Å². The number of amides is 1. The maximum absolute atomic E-state index is 14.0. The highest BCUT2D eigenvalue weighted by Gasteiger charge is 2.37. The predicted octanol–water partition coefficient (Wildman–Crippen LogP) is 3.58. The maximum atomic E-state index is 14.0. The fraction of sp³-hybridized carbons (Fsp3) is 0.667. The van der Waals surface area contributed by atoms with Gasteiger partial charge in [0.1, 0.15) is 5.82 Å². The van der Waals surface area contributed by atoms with Gasteiger partial charge in [-0.15, -0.1) is 0 Å². The molecule has 146 valence electrons. The van der Waals surface area contributed by atoms with Crippen molar-refractivity contribution in [2.45, 2.75) is 84.2 Å². The van der Waals surface area contributed by atoms with Gasteiger partial charge in [0.05, 0.1) is 12.1 Å². The van der Waals surface area contributed by atoms with E-state index < -0.39 is 6.10 Å². The largest absolute Gasteiger partial charge is 0.390 e. The summed E-state index contributed by atoms with van der Waals surface area (Å²) in [4.78, 5) is 16.3. The minimum absolute atomic E-state index is 0.00377. The smallest absolute Gasteiger partial charge is 0.223 e. The van der Waals surface area contributed by atoms with Crippen LogP contribution in [-0.2, 0) is 11.3 Å².